The molecule has 0 aliphatic carbocycles. The molecule has 1 aromatic carbocycles. The van der Waals surface area contributed by atoms with Gasteiger partial charge in [-0.1, -0.05) is 11.2 Å². The van der Waals surface area contributed by atoms with Gasteiger partial charge in [-0.05, 0) is 50.8 Å². The lowest BCUT2D eigenvalue weighted by Crippen LogP contribution is -2.30. The van der Waals surface area contributed by atoms with Crippen LogP contribution in [0.25, 0.3) is 0 Å². The molecular formula is C17H21N3O3S. The molecule has 2 aliphatic heterocycles. The van der Waals surface area contributed by atoms with Crippen LogP contribution in [0.4, 0.5) is 11.4 Å². The zero-order chi connectivity index (χ0) is 16.9. The van der Waals surface area contributed by atoms with E-state index in [1.165, 1.54) is 17.1 Å². The molecule has 1 fully saturated rings. The molecule has 3 heterocycles. The number of anilines is 2. The van der Waals surface area contributed by atoms with Gasteiger partial charge in [-0.2, -0.15) is 0 Å². The fourth-order valence-corrected chi connectivity index (χ4v) is 5.51. The molecule has 0 saturated carbocycles. The number of nitrogens with zero attached hydrogens (tertiary/aromatic N) is 3. The number of aromatic nitrogens is 1. The lowest BCUT2D eigenvalue weighted by molar-refractivity contribution is 0.390. The molecule has 4 rings (SSSR count). The minimum atomic E-state index is -3.65. The van der Waals surface area contributed by atoms with Crippen LogP contribution in [-0.2, 0) is 16.4 Å². The summed E-state index contributed by atoms with van der Waals surface area (Å²) in [4.78, 5) is 2.51. The van der Waals surface area contributed by atoms with Crippen molar-refractivity contribution >= 4 is 21.4 Å². The van der Waals surface area contributed by atoms with Crippen molar-refractivity contribution in [1.29, 1.82) is 0 Å². The number of benzene rings is 1. The molecule has 2 aliphatic rings. The first-order chi connectivity index (χ1) is 11.5. The van der Waals surface area contributed by atoms with E-state index < -0.39 is 10.0 Å². The highest BCUT2D eigenvalue weighted by molar-refractivity contribution is 7.93. The van der Waals surface area contributed by atoms with Crippen LogP contribution >= 0.6 is 0 Å². The predicted octanol–water partition coefficient (Wildman–Crippen LogP) is 2.64. The van der Waals surface area contributed by atoms with Crippen molar-refractivity contribution in [3.63, 3.8) is 0 Å². The van der Waals surface area contributed by atoms with Gasteiger partial charge in [0.25, 0.3) is 10.0 Å². The number of fused-ring (bicyclic) bond motifs is 1. The molecule has 0 amide bonds. The Hall–Kier alpha value is -2.02. The van der Waals surface area contributed by atoms with Crippen LogP contribution in [0.2, 0.25) is 0 Å². The van der Waals surface area contributed by atoms with E-state index in [2.05, 4.69) is 22.2 Å². The number of rotatable bonds is 3. The van der Waals surface area contributed by atoms with Crippen molar-refractivity contribution < 1.29 is 12.9 Å². The molecule has 128 valence electrons. The number of sulfonamides is 1. The highest BCUT2D eigenvalue weighted by Gasteiger charge is 2.35. The van der Waals surface area contributed by atoms with Crippen LogP contribution < -0.4 is 9.21 Å². The maximum absolute atomic E-state index is 13.1. The Kier molecular flexibility index (Phi) is 3.56. The zero-order valence-electron chi connectivity index (χ0n) is 13.9. The van der Waals surface area contributed by atoms with Crippen LogP contribution in [0, 0.1) is 13.8 Å². The van der Waals surface area contributed by atoms with Gasteiger partial charge in [0.1, 0.15) is 5.69 Å². The van der Waals surface area contributed by atoms with E-state index in [4.69, 9.17) is 4.52 Å². The van der Waals surface area contributed by atoms with Crippen LogP contribution in [0.5, 0.6) is 0 Å². The lowest BCUT2D eigenvalue weighted by Gasteiger charge is -2.22. The molecule has 1 aromatic heterocycles. The van der Waals surface area contributed by atoms with E-state index in [0.717, 1.165) is 36.4 Å². The van der Waals surface area contributed by atoms with E-state index in [1.807, 2.05) is 6.07 Å². The fraction of sp³-hybridized carbons (Fsp3) is 0.471. The summed E-state index contributed by atoms with van der Waals surface area (Å²) in [5, 5.41) is 3.80. The molecule has 0 bridgehead atoms. The summed E-state index contributed by atoms with van der Waals surface area (Å²) in [6, 6.07) is 6.19. The highest BCUT2D eigenvalue weighted by Crippen LogP contribution is 2.37. The van der Waals surface area contributed by atoms with Gasteiger partial charge in [0.15, 0.2) is 10.7 Å². The fourth-order valence-electron chi connectivity index (χ4n) is 3.71. The smallest absolute Gasteiger partial charge is 0.269 e. The van der Waals surface area contributed by atoms with E-state index in [1.54, 1.807) is 13.8 Å². The molecule has 2 aromatic rings. The second-order valence-corrected chi connectivity index (χ2v) is 8.29. The molecular weight excluding hydrogens is 326 g/mol. The second-order valence-electron chi connectivity index (χ2n) is 6.49. The quantitative estimate of drug-likeness (QED) is 0.854. The lowest BCUT2D eigenvalue weighted by atomic mass is 10.1. The molecule has 0 unspecified atom stereocenters. The van der Waals surface area contributed by atoms with E-state index in [-0.39, 0.29) is 4.90 Å². The molecule has 0 atom stereocenters. The Labute approximate surface area is 142 Å². The number of aryl methyl sites for hydroxylation is 2. The molecule has 0 radical (unpaired) electrons. The molecule has 7 heteroatoms. The standard InChI is InChI=1S/C17H21N3O3S/c1-12-17(13(2)23-18-12)24(21,22)20-10-7-14-5-6-15(11-16(14)20)19-8-3-4-9-19/h5-6,11H,3-4,7-10H2,1-2H3. The van der Waals surface area contributed by atoms with Crippen molar-refractivity contribution in [2.75, 3.05) is 28.8 Å². The van der Waals surface area contributed by atoms with Gasteiger partial charge in [0.05, 0.1) is 5.69 Å². The third-order valence-corrected chi connectivity index (χ3v) is 6.97. The summed E-state index contributed by atoms with van der Waals surface area (Å²) >= 11 is 0. The first kappa shape index (κ1) is 15.5. The van der Waals surface area contributed by atoms with Gasteiger partial charge in [-0.25, -0.2) is 8.42 Å². The molecule has 24 heavy (non-hydrogen) atoms. The first-order valence-electron chi connectivity index (χ1n) is 8.32. The summed E-state index contributed by atoms with van der Waals surface area (Å²) in [5.74, 6) is 0.344. The van der Waals surface area contributed by atoms with Crippen molar-refractivity contribution in [2.45, 2.75) is 38.0 Å². The monoisotopic (exact) mass is 347 g/mol. The van der Waals surface area contributed by atoms with Gasteiger partial charge < -0.3 is 9.42 Å². The Morgan fingerprint density at radius 2 is 1.88 bits per heavy atom. The largest absolute Gasteiger partial charge is 0.371 e. The van der Waals surface area contributed by atoms with Gasteiger partial charge in [0.2, 0.25) is 0 Å². The van der Waals surface area contributed by atoms with Crippen LogP contribution in [0.15, 0.2) is 27.6 Å². The van der Waals surface area contributed by atoms with Gasteiger partial charge in [0, 0.05) is 25.3 Å². The van der Waals surface area contributed by atoms with E-state index in [9.17, 15) is 8.42 Å². The van der Waals surface area contributed by atoms with E-state index in [0.29, 0.717) is 18.0 Å². The molecule has 0 spiro atoms. The summed E-state index contributed by atoms with van der Waals surface area (Å²) in [5.41, 5.74) is 3.39. The first-order valence-corrected chi connectivity index (χ1v) is 9.76. The predicted molar refractivity (Wildman–Crippen MR) is 92.1 cm³/mol. The van der Waals surface area contributed by atoms with Crippen molar-refractivity contribution in [3.05, 3.63) is 35.2 Å². The molecule has 6 nitrogen and oxygen atoms in total. The second kappa shape index (κ2) is 5.51. The van der Waals surface area contributed by atoms with Crippen LogP contribution in [-0.4, -0.2) is 33.2 Å². The van der Waals surface area contributed by atoms with Gasteiger partial charge in [-0.3, -0.25) is 4.31 Å². The molecule has 0 N–H and O–H groups in total. The molecule has 1 saturated heterocycles. The summed E-state index contributed by atoms with van der Waals surface area (Å²) in [6.45, 7) is 5.85. The average Bonchev–Trinajstić information content (AvgIpc) is 3.26. The number of hydrogen-bond acceptors (Lipinski definition) is 5. The Morgan fingerprint density at radius 1 is 1.12 bits per heavy atom. The maximum atomic E-state index is 13.1. The highest BCUT2D eigenvalue weighted by atomic mass is 32.2. The van der Waals surface area contributed by atoms with E-state index >= 15 is 0 Å². The summed E-state index contributed by atoms with van der Waals surface area (Å²) in [6.07, 6.45) is 3.12. The van der Waals surface area contributed by atoms with Gasteiger partial charge in [-0.15, -0.1) is 0 Å². The minimum absolute atomic E-state index is 0.196. The maximum Gasteiger partial charge on any atom is 0.269 e. The van der Waals surface area contributed by atoms with Crippen LogP contribution in [0.3, 0.4) is 0 Å². The van der Waals surface area contributed by atoms with Crippen molar-refractivity contribution in [2.24, 2.45) is 0 Å². The van der Waals surface area contributed by atoms with Crippen molar-refractivity contribution in [3.8, 4) is 0 Å². The minimum Gasteiger partial charge on any atom is -0.371 e. The van der Waals surface area contributed by atoms with Crippen LogP contribution in [0.1, 0.15) is 29.9 Å². The Bertz CT molecular complexity index is 863. The third kappa shape index (κ3) is 2.30. The normalized spacial score (nSPS) is 17.6. The topological polar surface area (TPSA) is 66.7 Å². The Morgan fingerprint density at radius 3 is 2.54 bits per heavy atom. The average molecular weight is 347 g/mol. The zero-order valence-corrected chi connectivity index (χ0v) is 14.8. The Balaban J connectivity index is 1.76. The third-order valence-electron chi connectivity index (χ3n) is 4.91. The van der Waals surface area contributed by atoms with Gasteiger partial charge >= 0.3 is 0 Å². The SMILES string of the molecule is Cc1noc(C)c1S(=O)(=O)N1CCc2ccc(N3CCCC3)cc21. The summed E-state index contributed by atoms with van der Waals surface area (Å²) < 4.78 is 32.9. The number of hydrogen-bond donors (Lipinski definition) is 0. The summed E-state index contributed by atoms with van der Waals surface area (Å²) in [7, 11) is -3.65. The van der Waals surface area contributed by atoms with Crippen molar-refractivity contribution in [1.82, 2.24) is 5.16 Å².